The van der Waals surface area contributed by atoms with Crippen LogP contribution in [0.5, 0.6) is 0 Å². The Kier molecular flexibility index (Phi) is 10.6. The van der Waals surface area contributed by atoms with Crippen molar-refractivity contribution in [1.82, 2.24) is 0 Å². The van der Waals surface area contributed by atoms with Crippen LogP contribution in [0.4, 0.5) is 22.7 Å². The molecule has 2 aliphatic rings. The molecule has 0 fully saturated rings. The molecule has 4 aromatic carbocycles. The number of hydrogen-bond donors (Lipinski definition) is 0. The van der Waals surface area contributed by atoms with Gasteiger partial charge in [-0.1, -0.05) is 68.3 Å². The van der Waals surface area contributed by atoms with Crippen molar-refractivity contribution in [2.45, 2.75) is 38.5 Å². The van der Waals surface area contributed by atoms with E-state index in [2.05, 4.69) is 55.0 Å². The smallest absolute Gasteiger partial charge is 0.269 e. The molecule has 0 unspecified atom stereocenters. The highest BCUT2D eigenvalue weighted by atomic mass is 79.9. The van der Waals surface area contributed by atoms with Crippen LogP contribution >= 0.6 is 31.9 Å². The van der Waals surface area contributed by atoms with E-state index in [1.54, 1.807) is 24.3 Å². The van der Waals surface area contributed by atoms with E-state index in [0.717, 1.165) is 64.5 Å². The van der Waals surface area contributed by atoms with Gasteiger partial charge in [0, 0.05) is 64.2 Å². The summed E-state index contributed by atoms with van der Waals surface area (Å²) in [6.07, 6.45) is 5.37. The second kappa shape index (κ2) is 14.8. The predicted molar refractivity (Wildman–Crippen MR) is 183 cm³/mol. The third-order valence-electron chi connectivity index (χ3n) is 8.05. The van der Waals surface area contributed by atoms with Crippen LogP contribution in [-0.2, 0) is 30.5 Å². The first-order valence-electron chi connectivity index (χ1n) is 14.8. The number of aryl methyl sites for hydroxylation is 2. The molecule has 11 heteroatoms. The number of hydrogen-bond acceptors (Lipinski definition) is 6. The van der Waals surface area contributed by atoms with E-state index in [9.17, 15) is 25.0 Å². The van der Waals surface area contributed by atoms with Gasteiger partial charge in [0.15, 0.2) is 0 Å². The molecule has 0 saturated carbocycles. The Balaban J connectivity index is 0.000000178. The number of carbonyl (C=O) groups is 1. The van der Waals surface area contributed by atoms with Crippen molar-refractivity contribution in [3.05, 3.63) is 136 Å². The molecule has 0 aliphatic carbocycles. The fourth-order valence-corrected chi connectivity index (χ4v) is 6.41. The molecular formula is C34H32Br2N4O5. The van der Waals surface area contributed by atoms with Gasteiger partial charge in [-0.05, 0) is 78.6 Å². The minimum Gasteiger partial charge on any atom is -0.371 e. The molecule has 0 aromatic heterocycles. The van der Waals surface area contributed by atoms with E-state index >= 15 is 0 Å². The first-order chi connectivity index (χ1) is 21.7. The van der Waals surface area contributed by atoms with E-state index in [0.29, 0.717) is 6.54 Å². The molecule has 2 aliphatic heterocycles. The van der Waals surface area contributed by atoms with Gasteiger partial charge in [0.1, 0.15) is 0 Å². The Morgan fingerprint density at radius 3 is 1.78 bits per heavy atom. The fourth-order valence-electron chi connectivity index (χ4n) is 5.72. The second-order valence-corrected chi connectivity index (χ2v) is 12.9. The third kappa shape index (κ3) is 8.34. The monoisotopic (exact) mass is 734 g/mol. The van der Waals surface area contributed by atoms with Crippen LogP contribution in [0.1, 0.15) is 35.1 Å². The Morgan fingerprint density at radius 1 is 0.689 bits per heavy atom. The molecule has 6 rings (SSSR count). The molecular weight excluding hydrogens is 704 g/mol. The van der Waals surface area contributed by atoms with Gasteiger partial charge in [-0.2, -0.15) is 0 Å². The van der Waals surface area contributed by atoms with Crippen molar-refractivity contribution in [1.29, 1.82) is 0 Å². The summed E-state index contributed by atoms with van der Waals surface area (Å²) in [5.41, 5.74) is 6.94. The topological polar surface area (TPSA) is 110 Å². The molecule has 4 aromatic rings. The zero-order chi connectivity index (χ0) is 31.9. The maximum absolute atomic E-state index is 12.6. The van der Waals surface area contributed by atoms with Gasteiger partial charge in [0.25, 0.3) is 11.4 Å². The number of nitro groups is 2. The SMILES string of the molecule is O=C(Cc1ccc([N+](=O)[O-])cc1)N1CCCc2ccc(Br)cc21.O=[N+]([O-])c1ccc(CCN2CCCc3ccc(Br)cc32)cc1. The maximum Gasteiger partial charge on any atom is 0.269 e. The number of nitrogens with zero attached hydrogens (tertiary/aromatic N) is 4. The molecule has 1 amide bonds. The summed E-state index contributed by atoms with van der Waals surface area (Å²) in [5, 5.41) is 21.4. The molecule has 0 saturated heterocycles. The van der Waals surface area contributed by atoms with E-state index in [1.807, 2.05) is 35.2 Å². The average Bonchev–Trinajstić information content (AvgIpc) is 3.04. The van der Waals surface area contributed by atoms with Crippen molar-refractivity contribution in [2.75, 3.05) is 29.4 Å². The van der Waals surface area contributed by atoms with E-state index < -0.39 is 4.92 Å². The van der Waals surface area contributed by atoms with Gasteiger partial charge in [-0.3, -0.25) is 25.0 Å². The molecule has 2 heterocycles. The van der Waals surface area contributed by atoms with Crippen LogP contribution in [0, 0.1) is 20.2 Å². The van der Waals surface area contributed by atoms with Crippen LogP contribution in [0.2, 0.25) is 0 Å². The number of anilines is 2. The summed E-state index contributed by atoms with van der Waals surface area (Å²) in [6.45, 7) is 2.70. The van der Waals surface area contributed by atoms with Crippen molar-refractivity contribution in [3.63, 3.8) is 0 Å². The summed E-state index contributed by atoms with van der Waals surface area (Å²) in [7, 11) is 0. The number of benzene rings is 4. The number of nitro benzene ring substituents is 2. The normalized spacial score (nSPS) is 13.6. The predicted octanol–water partition coefficient (Wildman–Crippen LogP) is 8.23. The summed E-state index contributed by atoms with van der Waals surface area (Å²) in [4.78, 5) is 37.4. The first kappa shape index (κ1) is 32.3. The summed E-state index contributed by atoms with van der Waals surface area (Å²) >= 11 is 7.00. The molecule has 0 N–H and O–H groups in total. The lowest BCUT2D eigenvalue weighted by Crippen LogP contribution is -2.36. The zero-order valence-corrected chi connectivity index (χ0v) is 27.7. The van der Waals surface area contributed by atoms with Crippen LogP contribution in [-0.4, -0.2) is 35.4 Å². The minimum atomic E-state index is -0.440. The highest BCUT2D eigenvalue weighted by Gasteiger charge is 2.23. The molecule has 0 spiro atoms. The molecule has 0 radical (unpaired) electrons. The van der Waals surface area contributed by atoms with E-state index in [4.69, 9.17) is 0 Å². The number of non-ortho nitro benzene ring substituents is 2. The fraction of sp³-hybridized carbons (Fsp3) is 0.265. The van der Waals surface area contributed by atoms with Crippen LogP contribution in [0.3, 0.4) is 0 Å². The van der Waals surface area contributed by atoms with Gasteiger partial charge in [0.2, 0.25) is 5.91 Å². The van der Waals surface area contributed by atoms with E-state index in [1.165, 1.54) is 35.4 Å². The number of amides is 1. The molecule has 45 heavy (non-hydrogen) atoms. The lowest BCUT2D eigenvalue weighted by atomic mass is 10.0. The first-order valence-corrected chi connectivity index (χ1v) is 16.4. The maximum atomic E-state index is 12.6. The lowest BCUT2D eigenvalue weighted by Gasteiger charge is -2.31. The van der Waals surface area contributed by atoms with Crippen molar-refractivity contribution in [3.8, 4) is 0 Å². The Morgan fingerprint density at radius 2 is 1.20 bits per heavy atom. The summed E-state index contributed by atoms with van der Waals surface area (Å²) in [5.74, 6) is 0.0119. The van der Waals surface area contributed by atoms with Crippen LogP contribution in [0.25, 0.3) is 0 Å². The van der Waals surface area contributed by atoms with Crippen LogP contribution in [0.15, 0.2) is 93.9 Å². The van der Waals surface area contributed by atoms with Gasteiger partial charge in [-0.25, -0.2) is 0 Å². The Labute approximate surface area is 278 Å². The van der Waals surface area contributed by atoms with Crippen molar-refractivity contribution >= 4 is 60.5 Å². The molecule has 232 valence electrons. The highest BCUT2D eigenvalue weighted by Crippen LogP contribution is 2.32. The number of halogens is 2. The van der Waals surface area contributed by atoms with Gasteiger partial charge < -0.3 is 9.80 Å². The quantitative estimate of drug-likeness (QED) is 0.140. The third-order valence-corrected chi connectivity index (χ3v) is 9.04. The largest absolute Gasteiger partial charge is 0.371 e. The molecule has 0 bridgehead atoms. The molecule has 0 atom stereocenters. The number of fused-ring (bicyclic) bond motifs is 2. The summed E-state index contributed by atoms with van der Waals surface area (Å²) < 4.78 is 2.06. The van der Waals surface area contributed by atoms with Crippen molar-refractivity contribution in [2.24, 2.45) is 0 Å². The number of rotatable bonds is 7. The van der Waals surface area contributed by atoms with Gasteiger partial charge in [0.05, 0.1) is 16.3 Å². The average molecular weight is 736 g/mol. The Hall–Kier alpha value is -4.09. The van der Waals surface area contributed by atoms with Gasteiger partial charge >= 0.3 is 0 Å². The van der Waals surface area contributed by atoms with E-state index in [-0.39, 0.29) is 28.6 Å². The lowest BCUT2D eigenvalue weighted by molar-refractivity contribution is -0.385. The number of carbonyl (C=O) groups excluding carboxylic acids is 1. The highest BCUT2D eigenvalue weighted by molar-refractivity contribution is 9.10. The second-order valence-electron chi connectivity index (χ2n) is 11.1. The minimum absolute atomic E-state index is 0.0119. The Bertz CT molecular complexity index is 1700. The standard InChI is InChI=1S/C17H15BrN2O3.C17H17BrN2O2/c18-14-6-5-13-2-1-9-19(16(13)11-14)17(21)10-12-3-7-15(8-4-12)20(22)23;18-15-6-5-14-2-1-10-19(17(14)12-15)11-9-13-3-7-16(8-4-13)20(21)22/h3-8,11H,1-2,9-10H2;3-8,12H,1-2,9-11H2. The molecule has 9 nitrogen and oxygen atoms in total. The van der Waals surface area contributed by atoms with Crippen LogP contribution < -0.4 is 9.80 Å². The zero-order valence-electron chi connectivity index (χ0n) is 24.5. The van der Waals surface area contributed by atoms with Gasteiger partial charge in [-0.15, -0.1) is 0 Å². The summed E-state index contributed by atoms with van der Waals surface area (Å²) in [6, 6.07) is 25.5. The van der Waals surface area contributed by atoms with Crippen molar-refractivity contribution < 1.29 is 14.6 Å².